The molecule has 1 aliphatic rings. The molecular formula is C13H14BrClFNO. The summed E-state index contributed by atoms with van der Waals surface area (Å²) in [4.78, 5) is 11.9. The summed E-state index contributed by atoms with van der Waals surface area (Å²) >= 11 is 9.25. The van der Waals surface area contributed by atoms with Gasteiger partial charge in [-0.15, -0.1) is 0 Å². The van der Waals surface area contributed by atoms with E-state index in [4.69, 9.17) is 11.6 Å². The van der Waals surface area contributed by atoms with E-state index in [-0.39, 0.29) is 16.0 Å². The third kappa shape index (κ3) is 3.04. The van der Waals surface area contributed by atoms with Crippen molar-refractivity contribution in [3.05, 3.63) is 34.6 Å². The van der Waals surface area contributed by atoms with Crippen LogP contribution in [0, 0.1) is 11.2 Å². The summed E-state index contributed by atoms with van der Waals surface area (Å²) in [5, 5.41) is 3.85. The first-order valence-corrected chi connectivity index (χ1v) is 7.36. The lowest BCUT2D eigenvalue weighted by molar-refractivity contribution is 0.0940. The van der Waals surface area contributed by atoms with Crippen LogP contribution in [0.15, 0.2) is 18.2 Å². The summed E-state index contributed by atoms with van der Waals surface area (Å²) in [7, 11) is 0. The van der Waals surface area contributed by atoms with Crippen molar-refractivity contribution in [3.63, 3.8) is 0 Å². The fourth-order valence-corrected chi connectivity index (χ4v) is 3.05. The second-order valence-corrected chi connectivity index (χ2v) is 5.92. The summed E-state index contributed by atoms with van der Waals surface area (Å²) in [6, 6.07) is 4.25. The minimum absolute atomic E-state index is 0.0613. The Kier molecular flexibility index (Phi) is 4.28. The van der Waals surface area contributed by atoms with Crippen molar-refractivity contribution in [1.29, 1.82) is 0 Å². The van der Waals surface area contributed by atoms with Gasteiger partial charge >= 0.3 is 0 Å². The Morgan fingerprint density at radius 1 is 1.50 bits per heavy atom. The number of carbonyl (C=O) groups is 1. The normalized spacial score (nSPS) is 16.4. The number of hydrogen-bond acceptors (Lipinski definition) is 1. The van der Waals surface area contributed by atoms with Gasteiger partial charge in [-0.25, -0.2) is 4.39 Å². The molecule has 0 bridgehead atoms. The number of hydrogen-bond donors (Lipinski definition) is 1. The van der Waals surface area contributed by atoms with Gasteiger partial charge in [-0.2, -0.15) is 0 Å². The maximum atomic E-state index is 13.5. The van der Waals surface area contributed by atoms with Gasteiger partial charge in [0.1, 0.15) is 5.82 Å². The molecule has 18 heavy (non-hydrogen) atoms. The molecule has 0 unspecified atom stereocenters. The van der Waals surface area contributed by atoms with Crippen molar-refractivity contribution in [2.45, 2.75) is 19.3 Å². The molecule has 1 aliphatic carbocycles. The van der Waals surface area contributed by atoms with Crippen LogP contribution in [-0.2, 0) is 0 Å². The van der Waals surface area contributed by atoms with Gasteiger partial charge in [0.15, 0.2) is 0 Å². The van der Waals surface area contributed by atoms with Crippen LogP contribution in [0.2, 0.25) is 5.02 Å². The van der Waals surface area contributed by atoms with Crippen molar-refractivity contribution < 1.29 is 9.18 Å². The molecule has 1 fully saturated rings. The molecule has 2 nitrogen and oxygen atoms in total. The van der Waals surface area contributed by atoms with Crippen LogP contribution in [0.1, 0.15) is 29.6 Å². The maximum Gasteiger partial charge on any atom is 0.255 e. The molecule has 1 saturated carbocycles. The first kappa shape index (κ1) is 13.8. The smallest absolute Gasteiger partial charge is 0.255 e. The van der Waals surface area contributed by atoms with Crippen molar-refractivity contribution >= 4 is 33.4 Å². The molecule has 1 N–H and O–H groups in total. The average Bonchev–Trinajstić information content (AvgIpc) is 3.07. The SMILES string of the molecule is O=C(NCC1(CCBr)CC1)c1c(F)cccc1Cl. The molecule has 1 aromatic carbocycles. The Balaban J connectivity index is 2.00. The molecule has 5 heteroatoms. The summed E-state index contributed by atoms with van der Waals surface area (Å²) in [5.41, 5.74) is 0.144. The van der Waals surface area contributed by atoms with Gasteiger partial charge in [0.2, 0.25) is 0 Å². The van der Waals surface area contributed by atoms with Crippen molar-refractivity contribution in [2.24, 2.45) is 5.41 Å². The topological polar surface area (TPSA) is 29.1 Å². The summed E-state index contributed by atoms with van der Waals surface area (Å²) in [6.45, 7) is 0.585. The third-order valence-corrected chi connectivity index (χ3v) is 4.11. The van der Waals surface area contributed by atoms with Gasteiger partial charge in [-0.1, -0.05) is 33.6 Å². The molecule has 0 heterocycles. The predicted molar refractivity (Wildman–Crippen MR) is 73.8 cm³/mol. The first-order chi connectivity index (χ1) is 8.58. The number of halogens is 3. The van der Waals surface area contributed by atoms with E-state index >= 15 is 0 Å². The zero-order valence-electron chi connectivity index (χ0n) is 9.81. The molecule has 0 spiro atoms. The molecule has 1 amide bonds. The van der Waals surface area contributed by atoms with E-state index in [1.165, 1.54) is 18.2 Å². The number of amides is 1. The van der Waals surface area contributed by atoms with E-state index in [9.17, 15) is 9.18 Å². The predicted octanol–water partition coefficient (Wildman–Crippen LogP) is 3.77. The quantitative estimate of drug-likeness (QED) is 0.816. The molecular weight excluding hydrogens is 321 g/mol. The van der Waals surface area contributed by atoms with Gasteiger partial charge in [-0.05, 0) is 36.8 Å². The minimum atomic E-state index is -0.578. The van der Waals surface area contributed by atoms with Crippen LogP contribution in [0.25, 0.3) is 0 Å². The molecule has 0 saturated heterocycles. The highest BCUT2D eigenvalue weighted by molar-refractivity contribution is 9.09. The largest absolute Gasteiger partial charge is 0.351 e. The number of carbonyl (C=O) groups excluding carboxylic acids is 1. The molecule has 0 aromatic heterocycles. The molecule has 0 aliphatic heterocycles. The van der Waals surface area contributed by atoms with Gasteiger partial charge in [0.25, 0.3) is 5.91 Å². The highest BCUT2D eigenvalue weighted by Gasteiger charge is 2.41. The van der Waals surface area contributed by atoms with Gasteiger partial charge < -0.3 is 5.32 Å². The second-order valence-electron chi connectivity index (χ2n) is 4.72. The zero-order valence-corrected chi connectivity index (χ0v) is 12.2. The van der Waals surface area contributed by atoms with Gasteiger partial charge in [-0.3, -0.25) is 4.79 Å². The van der Waals surface area contributed by atoms with Crippen molar-refractivity contribution in [3.8, 4) is 0 Å². The number of benzene rings is 1. The number of alkyl halides is 1. The number of nitrogens with one attached hydrogen (secondary N) is 1. The molecule has 0 atom stereocenters. The summed E-state index contributed by atoms with van der Waals surface area (Å²) in [6.07, 6.45) is 3.26. The van der Waals surface area contributed by atoms with E-state index in [2.05, 4.69) is 21.2 Å². The lowest BCUT2D eigenvalue weighted by Crippen LogP contribution is -2.31. The van der Waals surface area contributed by atoms with E-state index in [0.717, 1.165) is 24.6 Å². The standard InChI is InChI=1S/C13H14BrClFNO/c14-7-6-13(4-5-13)8-17-12(18)11-9(15)2-1-3-10(11)16/h1-3H,4-8H2,(H,17,18). The Morgan fingerprint density at radius 3 is 2.78 bits per heavy atom. The van der Waals surface area contributed by atoms with Crippen LogP contribution < -0.4 is 5.32 Å². The van der Waals surface area contributed by atoms with Gasteiger partial charge in [0, 0.05) is 11.9 Å². The fraction of sp³-hybridized carbons (Fsp3) is 0.462. The van der Waals surface area contributed by atoms with Crippen molar-refractivity contribution in [2.75, 3.05) is 11.9 Å². The number of rotatable bonds is 5. The summed E-state index contributed by atoms with van der Waals surface area (Å²) in [5.74, 6) is -1.01. The van der Waals surface area contributed by atoms with Gasteiger partial charge in [0.05, 0.1) is 10.6 Å². The van der Waals surface area contributed by atoms with Crippen LogP contribution in [-0.4, -0.2) is 17.8 Å². The maximum absolute atomic E-state index is 13.5. The average molecular weight is 335 g/mol. The van der Waals surface area contributed by atoms with Crippen molar-refractivity contribution in [1.82, 2.24) is 5.32 Å². The second kappa shape index (κ2) is 5.57. The van der Waals surface area contributed by atoms with Crippen LogP contribution >= 0.6 is 27.5 Å². The Morgan fingerprint density at radius 2 is 2.22 bits per heavy atom. The molecule has 0 radical (unpaired) electrons. The van der Waals surface area contributed by atoms with Crippen LogP contribution in [0.5, 0.6) is 0 Å². The summed E-state index contributed by atoms with van der Waals surface area (Å²) < 4.78 is 13.5. The highest BCUT2D eigenvalue weighted by Crippen LogP contribution is 2.48. The molecule has 1 aromatic rings. The van der Waals surface area contributed by atoms with E-state index in [1.54, 1.807) is 0 Å². The molecule has 98 valence electrons. The lowest BCUT2D eigenvalue weighted by atomic mass is 10.0. The van der Waals surface area contributed by atoms with Crippen LogP contribution in [0.4, 0.5) is 4.39 Å². The fourth-order valence-electron chi connectivity index (χ4n) is 1.96. The molecule has 2 rings (SSSR count). The zero-order chi connectivity index (χ0) is 13.2. The van der Waals surface area contributed by atoms with E-state index in [1.807, 2.05) is 0 Å². The first-order valence-electron chi connectivity index (χ1n) is 5.86. The van der Waals surface area contributed by atoms with E-state index in [0.29, 0.717) is 6.54 Å². The lowest BCUT2D eigenvalue weighted by Gasteiger charge is -2.15. The Hall–Kier alpha value is -0.610. The van der Waals surface area contributed by atoms with Crippen LogP contribution in [0.3, 0.4) is 0 Å². The highest BCUT2D eigenvalue weighted by atomic mass is 79.9. The monoisotopic (exact) mass is 333 g/mol. The third-order valence-electron chi connectivity index (χ3n) is 3.40. The van der Waals surface area contributed by atoms with E-state index < -0.39 is 11.7 Å². The Bertz CT molecular complexity index is 442. The Labute approximate surface area is 119 Å². The minimum Gasteiger partial charge on any atom is -0.351 e.